The van der Waals surface area contributed by atoms with Crippen LogP contribution >= 0.6 is 24.8 Å². The van der Waals surface area contributed by atoms with Crippen LogP contribution < -0.4 is 15.5 Å². The van der Waals surface area contributed by atoms with Gasteiger partial charge in [-0.15, -0.1) is 24.8 Å². The first-order valence-electron chi connectivity index (χ1n) is 9.38. The van der Waals surface area contributed by atoms with Gasteiger partial charge in [-0.2, -0.15) is 5.10 Å². The average Bonchev–Trinajstić information content (AvgIpc) is 3.24. The van der Waals surface area contributed by atoms with Gasteiger partial charge in [0.25, 0.3) is 0 Å². The van der Waals surface area contributed by atoms with Crippen LogP contribution in [0.5, 0.6) is 0 Å². The molecule has 7 nitrogen and oxygen atoms in total. The summed E-state index contributed by atoms with van der Waals surface area (Å²) in [4.78, 5) is 19.8. The summed E-state index contributed by atoms with van der Waals surface area (Å²) < 4.78 is 1.81. The number of piperidine rings is 1. The van der Waals surface area contributed by atoms with Crippen LogP contribution in [-0.2, 0) is 16.9 Å². The summed E-state index contributed by atoms with van der Waals surface area (Å²) in [5.74, 6) is 0.993. The molecule has 0 bridgehead atoms. The second-order valence-electron chi connectivity index (χ2n) is 6.61. The Kier molecular flexibility index (Phi) is 9.72. The zero-order valence-corrected chi connectivity index (χ0v) is 18.1. The minimum absolute atomic E-state index is 0. The fraction of sp³-hybridized carbons (Fsp3) is 0.526. The Morgan fingerprint density at radius 2 is 1.96 bits per heavy atom. The molecule has 2 aromatic heterocycles. The average molecular weight is 429 g/mol. The van der Waals surface area contributed by atoms with Crippen molar-refractivity contribution in [3.8, 4) is 0 Å². The number of carbonyl (C=O) groups is 1. The van der Waals surface area contributed by atoms with Gasteiger partial charge in [-0.1, -0.05) is 6.07 Å². The molecule has 0 unspecified atom stereocenters. The highest BCUT2D eigenvalue weighted by atomic mass is 35.5. The smallest absolute Gasteiger partial charge is 0.248 e. The summed E-state index contributed by atoms with van der Waals surface area (Å²) in [5.41, 5.74) is 0.391. The Morgan fingerprint density at radius 3 is 2.50 bits per heavy atom. The van der Waals surface area contributed by atoms with E-state index in [0.29, 0.717) is 6.54 Å². The molecule has 0 radical (unpaired) electrons. The van der Waals surface area contributed by atoms with Gasteiger partial charge in [0, 0.05) is 38.2 Å². The first-order valence-corrected chi connectivity index (χ1v) is 9.38. The Morgan fingerprint density at radius 1 is 1.25 bits per heavy atom. The van der Waals surface area contributed by atoms with Crippen molar-refractivity contribution in [2.24, 2.45) is 0 Å². The Labute approximate surface area is 179 Å². The minimum Gasteiger partial charge on any atom is -0.357 e. The van der Waals surface area contributed by atoms with Crippen molar-refractivity contribution in [2.75, 3.05) is 31.1 Å². The van der Waals surface area contributed by atoms with E-state index in [1.54, 1.807) is 6.20 Å². The highest BCUT2D eigenvalue weighted by Gasteiger charge is 2.41. The molecule has 28 heavy (non-hydrogen) atoms. The Hall–Kier alpha value is -1.83. The zero-order valence-electron chi connectivity index (χ0n) is 16.4. The van der Waals surface area contributed by atoms with Gasteiger partial charge in [0.15, 0.2) is 0 Å². The van der Waals surface area contributed by atoms with Gasteiger partial charge in [0.2, 0.25) is 5.91 Å². The lowest BCUT2D eigenvalue weighted by atomic mass is 9.87. The van der Waals surface area contributed by atoms with Crippen molar-refractivity contribution in [1.29, 1.82) is 0 Å². The summed E-state index contributed by atoms with van der Waals surface area (Å²) in [6, 6.07) is 5.92. The number of amides is 1. The lowest BCUT2D eigenvalue weighted by Crippen LogP contribution is -2.54. The fourth-order valence-electron chi connectivity index (χ4n) is 3.53. The number of hydrogen-bond donors (Lipinski definition) is 2. The molecule has 1 aliphatic heterocycles. The van der Waals surface area contributed by atoms with Gasteiger partial charge in [-0.3, -0.25) is 9.48 Å². The monoisotopic (exact) mass is 428 g/mol. The highest BCUT2D eigenvalue weighted by molar-refractivity contribution is 5.85. The predicted molar refractivity (Wildman–Crippen MR) is 116 cm³/mol. The number of hydrogen-bond acceptors (Lipinski definition) is 5. The largest absolute Gasteiger partial charge is 0.357 e. The van der Waals surface area contributed by atoms with E-state index in [9.17, 15) is 4.79 Å². The topological polar surface area (TPSA) is 75.1 Å². The normalized spacial score (nSPS) is 15.1. The molecule has 0 aromatic carbocycles. The molecule has 2 N–H and O–H groups in total. The molecule has 0 aliphatic carbocycles. The van der Waals surface area contributed by atoms with E-state index < -0.39 is 5.54 Å². The minimum atomic E-state index is -0.608. The second-order valence-corrected chi connectivity index (χ2v) is 6.61. The number of halogens is 2. The van der Waals surface area contributed by atoms with Crippen LogP contribution in [0, 0.1) is 0 Å². The van der Waals surface area contributed by atoms with Crippen molar-refractivity contribution in [3.63, 3.8) is 0 Å². The van der Waals surface area contributed by atoms with E-state index in [-0.39, 0.29) is 30.7 Å². The van der Waals surface area contributed by atoms with Gasteiger partial charge in [-0.05, 0) is 57.5 Å². The highest BCUT2D eigenvalue weighted by Crippen LogP contribution is 2.27. The van der Waals surface area contributed by atoms with Crippen molar-refractivity contribution >= 4 is 36.5 Å². The first-order chi connectivity index (χ1) is 12.7. The Balaban J connectivity index is 0.00000196. The van der Waals surface area contributed by atoms with Crippen molar-refractivity contribution in [1.82, 2.24) is 25.4 Å². The van der Waals surface area contributed by atoms with E-state index in [0.717, 1.165) is 50.4 Å². The Bertz CT molecular complexity index is 698. The van der Waals surface area contributed by atoms with Crippen molar-refractivity contribution in [2.45, 2.75) is 38.8 Å². The number of nitrogens with zero attached hydrogens (tertiary/aromatic N) is 4. The van der Waals surface area contributed by atoms with Crippen molar-refractivity contribution < 1.29 is 4.79 Å². The summed E-state index contributed by atoms with van der Waals surface area (Å²) in [5, 5.41) is 10.8. The summed E-state index contributed by atoms with van der Waals surface area (Å²) in [7, 11) is 0. The molecule has 0 spiro atoms. The van der Waals surface area contributed by atoms with Crippen LogP contribution in [0.1, 0.15) is 32.3 Å². The third kappa shape index (κ3) is 5.16. The maximum absolute atomic E-state index is 13.0. The zero-order chi connectivity index (χ0) is 18.4. The van der Waals surface area contributed by atoms with Gasteiger partial charge in [0.05, 0.1) is 0 Å². The lowest BCUT2D eigenvalue weighted by Gasteiger charge is -2.36. The molecule has 2 aromatic rings. The number of anilines is 1. The molecular formula is C19H30Cl2N6O. The molecule has 1 saturated heterocycles. The van der Waals surface area contributed by atoms with Gasteiger partial charge in [0.1, 0.15) is 11.4 Å². The van der Waals surface area contributed by atoms with Crippen LogP contribution in [0.15, 0.2) is 36.8 Å². The molecule has 0 saturated carbocycles. The van der Waals surface area contributed by atoms with Crippen molar-refractivity contribution in [3.05, 3.63) is 42.4 Å². The third-order valence-electron chi connectivity index (χ3n) is 5.15. The van der Waals surface area contributed by atoms with Gasteiger partial charge < -0.3 is 15.5 Å². The quantitative estimate of drug-likeness (QED) is 0.707. The van der Waals surface area contributed by atoms with E-state index in [1.807, 2.05) is 35.3 Å². The van der Waals surface area contributed by atoms with E-state index in [2.05, 4.69) is 39.5 Å². The number of carbonyl (C=O) groups excluding carboxylic acids is 1. The van der Waals surface area contributed by atoms with Gasteiger partial charge >= 0.3 is 0 Å². The predicted octanol–water partition coefficient (Wildman–Crippen LogP) is 2.36. The van der Waals surface area contributed by atoms with Crippen LogP contribution in [0.3, 0.4) is 0 Å². The summed E-state index contributed by atoms with van der Waals surface area (Å²) >= 11 is 0. The molecule has 1 amide bonds. The standard InChI is InChI=1S/C19H28N6O.2ClH/c1-3-24(4-2)17-7-6-16(14-21-17)15-22-18(26)19(8-11-20-12-9-19)25-13-5-10-23-25;;/h5-7,10,13-14,20H,3-4,8-9,11-12,15H2,1-2H3,(H,22,26);2*1H. The number of pyridine rings is 1. The molecule has 3 rings (SSSR count). The molecule has 3 heterocycles. The van der Waals surface area contributed by atoms with Crippen LogP contribution in [0.2, 0.25) is 0 Å². The number of rotatable bonds is 7. The first kappa shape index (κ1) is 24.2. The lowest BCUT2D eigenvalue weighted by molar-refractivity contribution is -0.132. The van der Waals surface area contributed by atoms with E-state index in [4.69, 9.17) is 0 Å². The number of nitrogens with one attached hydrogen (secondary N) is 2. The summed E-state index contributed by atoms with van der Waals surface area (Å²) in [6.07, 6.45) is 6.93. The summed E-state index contributed by atoms with van der Waals surface area (Å²) in [6.45, 7) is 8.20. The molecule has 1 aliphatic rings. The maximum atomic E-state index is 13.0. The molecule has 9 heteroatoms. The fourth-order valence-corrected chi connectivity index (χ4v) is 3.53. The second kappa shape index (κ2) is 11.2. The van der Waals surface area contributed by atoms with Crippen LogP contribution in [-0.4, -0.2) is 46.9 Å². The molecular weight excluding hydrogens is 399 g/mol. The molecule has 1 fully saturated rings. The molecule has 0 atom stereocenters. The number of aromatic nitrogens is 3. The maximum Gasteiger partial charge on any atom is 0.248 e. The third-order valence-corrected chi connectivity index (χ3v) is 5.15. The van der Waals surface area contributed by atoms with E-state index >= 15 is 0 Å². The van der Waals surface area contributed by atoms with Crippen LogP contribution in [0.25, 0.3) is 0 Å². The van der Waals surface area contributed by atoms with E-state index in [1.165, 1.54) is 0 Å². The van der Waals surface area contributed by atoms with Gasteiger partial charge in [-0.25, -0.2) is 4.98 Å². The van der Waals surface area contributed by atoms with Crippen LogP contribution in [0.4, 0.5) is 5.82 Å². The molecule has 156 valence electrons. The SMILES string of the molecule is CCN(CC)c1ccc(CNC(=O)C2(n3cccn3)CCNCC2)cn1.Cl.Cl.